The van der Waals surface area contributed by atoms with Gasteiger partial charge in [0.05, 0.1) is 20.3 Å². The van der Waals surface area contributed by atoms with Gasteiger partial charge in [-0.1, -0.05) is 12.1 Å². The molecule has 1 aliphatic rings. The number of carbonyl (C=O) groups excluding carboxylic acids is 1. The van der Waals surface area contributed by atoms with Crippen LogP contribution in [0.2, 0.25) is 0 Å². The molecule has 0 spiro atoms. The Morgan fingerprint density at radius 2 is 1.77 bits per heavy atom. The summed E-state index contributed by atoms with van der Waals surface area (Å²) in [5.41, 5.74) is 2.35. The highest BCUT2D eigenvalue weighted by molar-refractivity contribution is 6.03. The molecule has 1 atom stereocenters. The van der Waals surface area contributed by atoms with Gasteiger partial charge < -0.3 is 19.9 Å². The van der Waals surface area contributed by atoms with Gasteiger partial charge in [0.15, 0.2) is 17.3 Å². The molecule has 2 aromatic rings. The molecule has 5 nitrogen and oxygen atoms in total. The molecule has 1 heterocycles. The van der Waals surface area contributed by atoms with Crippen molar-refractivity contribution >= 4 is 11.5 Å². The molecule has 1 unspecified atom stereocenters. The fourth-order valence-electron chi connectivity index (χ4n) is 2.70. The minimum absolute atomic E-state index is 0.0451. The maximum absolute atomic E-state index is 12.3. The van der Waals surface area contributed by atoms with E-state index >= 15 is 0 Å². The zero-order valence-electron chi connectivity index (χ0n) is 12.4. The Balaban J connectivity index is 2.01. The van der Waals surface area contributed by atoms with Crippen molar-refractivity contribution < 1.29 is 19.4 Å². The number of ether oxygens (including phenoxy) is 2. The molecule has 0 amide bonds. The van der Waals surface area contributed by atoms with Gasteiger partial charge in [-0.05, 0) is 29.8 Å². The lowest BCUT2D eigenvalue weighted by molar-refractivity contribution is 0.0972. The molecule has 1 aliphatic heterocycles. The predicted octanol–water partition coefficient (Wildman–Crippen LogP) is 3.15. The SMILES string of the molecule is COc1cc(C2CC(=O)c3ccccc3N2)cc(OC)c1O. The third-order valence-electron chi connectivity index (χ3n) is 3.85. The van der Waals surface area contributed by atoms with Crippen molar-refractivity contribution in [1.29, 1.82) is 0 Å². The van der Waals surface area contributed by atoms with E-state index in [0.717, 1.165) is 11.3 Å². The van der Waals surface area contributed by atoms with Crippen LogP contribution in [0.15, 0.2) is 36.4 Å². The Kier molecular flexibility index (Phi) is 3.63. The monoisotopic (exact) mass is 299 g/mol. The number of fused-ring (bicyclic) bond motifs is 1. The fraction of sp³-hybridized carbons (Fsp3) is 0.235. The van der Waals surface area contributed by atoms with Crippen LogP contribution in [0.4, 0.5) is 5.69 Å². The van der Waals surface area contributed by atoms with Gasteiger partial charge in [-0.15, -0.1) is 0 Å². The van der Waals surface area contributed by atoms with E-state index in [1.54, 1.807) is 12.1 Å². The van der Waals surface area contributed by atoms with Gasteiger partial charge >= 0.3 is 0 Å². The number of anilines is 1. The molecule has 0 radical (unpaired) electrons. The number of nitrogens with one attached hydrogen (secondary N) is 1. The zero-order valence-corrected chi connectivity index (χ0v) is 12.4. The van der Waals surface area contributed by atoms with Crippen LogP contribution in [0.25, 0.3) is 0 Å². The summed E-state index contributed by atoms with van der Waals surface area (Å²) in [5, 5.41) is 13.3. The number of methoxy groups -OCH3 is 2. The Morgan fingerprint density at radius 1 is 1.14 bits per heavy atom. The van der Waals surface area contributed by atoms with Gasteiger partial charge in [0, 0.05) is 17.7 Å². The van der Waals surface area contributed by atoms with E-state index in [1.807, 2.05) is 24.3 Å². The van der Waals surface area contributed by atoms with Gasteiger partial charge in [-0.2, -0.15) is 0 Å². The first-order valence-corrected chi connectivity index (χ1v) is 6.97. The molecule has 0 saturated carbocycles. The van der Waals surface area contributed by atoms with Crippen molar-refractivity contribution in [2.75, 3.05) is 19.5 Å². The van der Waals surface area contributed by atoms with E-state index in [2.05, 4.69) is 5.32 Å². The van der Waals surface area contributed by atoms with Crippen LogP contribution in [-0.2, 0) is 0 Å². The standard InChI is InChI=1S/C17H17NO4/c1-21-15-7-10(8-16(22-2)17(15)20)13-9-14(19)11-5-3-4-6-12(11)18-13/h3-8,13,18,20H,9H2,1-2H3. The average Bonchev–Trinajstić information content (AvgIpc) is 2.55. The number of phenolic OH excluding ortho intramolecular Hbond substituents is 1. The van der Waals surface area contributed by atoms with Crippen LogP contribution in [0.3, 0.4) is 0 Å². The van der Waals surface area contributed by atoms with Crippen LogP contribution in [0.1, 0.15) is 28.4 Å². The molecule has 2 aromatic carbocycles. The lowest BCUT2D eigenvalue weighted by Gasteiger charge is -2.27. The molecule has 0 aromatic heterocycles. The first-order chi connectivity index (χ1) is 10.6. The zero-order chi connectivity index (χ0) is 15.7. The van der Waals surface area contributed by atoms with Gasteiger partial charge in [-0.3, -0.25) is 4.79 Å². The number of phenols is 1. The molecular weight excluding hydrogens is 282 g/mol. The van der Waals surface area contributed by atoms with E-state index in [-0.39, 0.29) is 17.6 Å². The largest absolute Gasteiger partial charge is 0.502 e. The van der Waals surface area contributed by atoms with Crippen LogP contribution >= 0.6 is 0 Å². The number of hydrogen-bond acceptors (Lipinski definition) is 5. The van der Waals surface area contributed by atoms with Crippen LogP contribution in [0, 0.1) is 0 Å². The van der Waals surface area contributed by atoms with Crippen molar-refractivity contribution in [2.24, 2.45) is 0 Å². The highest BCUT2D eigenvalue weighted by Crippen LogP contribution is 2.41. The highest BCUT2D eigenvalue weighted by atomic mass is 16.5. The van der Waals surface area contributed by atoms with Gasteiger partial charge in [-0.25, -0.2) is 0 Å². The van der Waals surface area contributed by atoms with Crippen molar-refractivity contribution in [3.05, 3.63) is 47.5 Å². The normalized spacial score (nSPS) is 16.6. The van der Waals surface area contributed by atoms with E-state index in [0.29, 0.717) is 23.5 Å². The second kappa shape index (κ2) is 5.60. The number of hydrogen-bond donors (Lipinski definition) is 2. The lowest BCUT2D eigenvalue weighted by atomic mass is 9.92. The Morgan fingerprint density at radius 3 is 2.41 bits per heavy atom. The summed E-state index contributed by atoms with van der Waals surface area (Å²) >= 11 is 0. The van der Waals surface area contributed by atoms with Crippen LogP contribution in [-0.4, -0.2) is 25.1 Å². The molecular formula is C17H17NO4. The summed E-state index contributed by atoms with van der Waals surface area (Å²) in [6.07, 6.45) is 0.341. The summed E-state index contributed by atoms with van der Waals surface area (Å²) in [7, 11) is 2.96. The summed E-state index contributed by atoms with van der Waals surface area (Å²) in [6.45, 7) is 0. The van der Waals surface area contributed by atoms with Crippen LogP contribution < -0.4 is 14.8 Å². The van der Waals surface area contributed by atoms with Crippen molar-refractivity contribution in [2.45, 2.75) is 12.5 Å². The number of Topliss-reactive ketones (excluding diaryl/α,β-unsaturated/α-hetero) is 1. The third-order valence-corrected chi connectivity index (χ3v) is 3.85. The van der Waals surface area contributed by atoms with Crippen molar-refractivity contribution in [3.8, 4) is 17.2 Å². The molecule has 0 aliphatic carbocycles. The fourth-order valence-corrected chi connectivity index (χ4v) is 2.70. The molecule has 2 N–H and O–H groups in total. The van der Waals surface area contributed by atoms with Gasteiger partial charge in [0.2, 0.25) is 5.75 Å². The second-order valence-electron chi connectivity index (χ2n) is 5.14. The topological polar surface area (TPSA) is 67.8 Å². The molecule has 0 fully saturated rings. The van der Waals surface area contributed by atoms with Crippen LogP contribution in [0.5, 0.6) is 17.2 Å². The number of ketones is 1. The summed E-state index contributed by atoms with van der Waals surface area (Å²) < 4.78 is 10.3. The molecule has 5 heteroatoms. The minimum Gasteiger partial charge on any atom is -0.502 e. The number of rotatable bonds is 3. The Hall–Kier alpha value is -2.69. The average molecular weight is 299 g/mol. The van der Waals surface area contributed by atoms with E-state index < -0.39 is 0 Å². The lowest BCUT2D eigenvalue weighted by Crippen LogP contribution is -2.22. The highest BCUT2D eigenvalue weighted by Gasteiger charge is 2.26. The minimum atomic E-state index is -0.189. The number of para-hydroxylation sites is 1. The van der Waals surface area contributed by atoms with E-state index in [9.17, 15) is 9.90 Å². The van der Waals surface area contributed by atoms with Crippen molar-refractivity contribution in [3.63, 3.8) is 0 Å². The number of carbonyl (C=O) groups is 1. The van der Waals surface area contributed by atoms with Crippen molar-refractivity contribution in [1.82, 2.24) is 0 Å². The first kappa shape index (κ1) is 14.3. The molecule has 0 bridgehead atoms. The summed E-state index contributed by atoms with van der Waals surface area (Å²) in [5.74, 6) is 0.687. The maximum atomic E-state index is 12.3. The third kappa shape index (κ3) is 2.35. The maximum Gasteiger partial charge on any atom is 0.200 e. The Bertz CT molecular complexity index is 701. The second-order valence-corrected chi connectivity index (χ2v) is 5.14. The molecule has 22 heavy (non-hydrogen) atoms. The number of benzene rings is 2. The van der Waals surface area contributed by atoms with E-state index in [1.165, 1.54) is 14.2 Å². The Labute approximate surface area is 128 Å². The number of aromatic hydroxyl groups is 1. The molecule has 3 rings (SSSR count). The molecule has 0 saturated heterocycles. The predicted molar refractivity (Wildman–Crippen MR) is 83.0 cm³/mol. The summed E-state index contributed by atoms with van der Waals surface area (Å²) in [4.78, 5) is 12.3. The van der Waals surface area contributed by atoms with Gasteiger partial charge in [0.25, 0.3) is 0 Å². The quantitative estimate of drug-likeness (QED) is 0.911. The van der Waals surface area contributed by atoms with Gasteiger partial charge in [0.1, 0.15) is 0 Å². The molecule has 114 valence electrons. The first-order valence-electron chi connectivity index (χ1n) is 6.97. The smallest absolute Gasteiger partial charge is 0.200 e. The summed E-state index contributed by atoms with van der Waals surface area (Å²) in [6, 6.07) is 10.7. The van der Waals surface area contributed by atoms with E-state index in [4.69, 9.17) is 9.47 Å².